The summed E-state index contributed by atoms with van der Waals surface area (Å²) < 4.78 is 0. The molecule has 0 heterocycles. The smallest absolute Gasteiger partial charge is 0.873 e. The fraction of sp³-hybridized carbons (Fsp3) is 0. The minimum atomic E-state index is -2.19. The van der Waals surface area contributed by atoms with E-state index in [-0.39, 0.29) is 64.9 Å². The van der Waals surface area contributed by atoms with Crippen molar-refractivity contribution >= 4 is 85.5 Å². The molecule has 0 aliphatic rings. The van der Waals surface area contributed by atoms with E-state index in [2.05, 4.69) is 0 Å². The fourth-order valence-corrected chi connectivity index (χ4v) is 0. The van der Waals surface area contributed by atoms with E-state index in [0.717, 1.165) is 0 Å². The summed E-state index contributed by atoms with van der Waals surface area (Å²) in [5, 5.41) is 71.4. The van der Waals surface area contributed by atoms with Crippen LogP contribution in [0.4, 0.5) is 0 Å². The third kappa shape index (κ3) is 59.5. The van der Waals surface area contributed by atoms with Crippen molar-refractivity contribution in [1.82, 2.24) is 0 Å². The van der Waals surface area contributed by atoms with Gasteiger partial charge in [-0.05, 0) is 0 Å². The molecule has 0 amide bonds. The largest absolute Gasteiger partial charge is 4.00 e. The van der Waals surface area contributed by atoms with Crippen LogP contribution in [-0.2, 0) is 65.6 Å². The first-order valence-electron chi connectivity index (χ1n) is 4.27. The first kappa shape index (κ1) is 44.3. The molecule has 0 spiro atoms. The topological polar surface area (TPSA) is 356 Å². The van der Waals surface area contributed by atoms with Crippen LogP contribution >= 0.6 is 0 Å². The van der Waals surface area contributed by atoms with Crippen molar-refractivity contribution in [3.05, 3.63) is 0 Å². The maximum atomic E-state index is 8.93. The second-order valence-electron chi connectivity index (χ2n) is 2.30. The molecule has 19 heteroatoms. The van der Waals surface area contributed by atoms with Gasteiger partial charge >= 0.3 is 59.5 Å². The average Bonchev–Trinajstić information content (AvgIpc) is 2.40. The summed E-state index contributed by atoms with van der Waals surface area (Å²) in [6.45, 7) is 0. The Kier molecular flexibility index (Phi) is 42.5. The second kappa shape index (κ2) is 25.9. The van der Waals surface area contributed by atoms with Crippen molar-refractivity contribution < 1.29 is 106 Å². The van der Waals surface area contributed by atoms with E-state index in [9.17, 15) is 0 Å². The van der Waals surface area contributed by atoms with Crippen molar-refractivity contribution in [2.45, 2.75) is 0 Å². The van der Waals surface area contributed by atoms with Crippen LogP contribution in [0.25, 0.3) is 0 Å². The molecule has 0 fully saturated rings. The van der Waals surface area contributed by atoms with Crippen LogP contribution in [0.1, 0.15) is 0 Å². The van der Waals surface area contributed by atoms with Crippen LogP contribution in [-0.4, -0.2) is 85.5 Å². The zero-order valence-electron chi connectivity index (χ0n) is 12.4. The number of rotatable bonds is 0. The SMILES string of the molecule is O=C([O-])C(=O)[O-].O=C([O-])C(=O)[O-].O=C([O-])C(=O)[O-].O=C([O-])C(=O)[O-].[Ca+2].[OH4+2].[Ti+4]. The van der Waals surface area contributed by atoms with Crippen LogP contribution in [0.2, 0.25) is 0 Å². The Hall–Kier alpha value is -2.31. The number of carboxylic acid groups (broad SMARTS) is 8. The van der Waals surface area contributed by atoms with Crippen LogP contribution in [0.3, 0.4) is 0 Å². The summed E-state index contributed by atoms with van der Waals surface area (Å²) in [6.07, 6.45) is 0. The molecule has 0 aliphatic carbocycles. The van der Waals surface area contributed by atoms with Crippen LogP contribution < -0.4 is 40.9 Å². The van der Waals surface area contributed by atoms with Crippen molar-refractivity contribution in [3.63, 3.8) is 0 Å². The number of carbonyl (C=O) groups excluding carboxylic acids is 8. The maximum absolute atomic E-state index is 8.93. The van der Waals surface area contributed by atoms with Crippen LogP contribution in [0.15, 0.2) is 0 Å². The van der Waals surface area contributed by atoms with Gasteiger partial charge in [0.05, 0.1) is 47.8 Å². The molecule has 0 bridgehead atoms. The molecule has 17 nitrogen and oxygen atoms in total. The Morgan fingerprint density at radius 1 is 0.333 bits per heavy atom. The maximum Gasteiger partial charge on any atom is 4.00 e. The molecule has 0 aromatic carbocycles. The molecular weight excluding hydrogens is 456 g/mol. The van der Waals surface area contributed by atoms with Gasteiger partial charge in [0, 0.05) is 0 Å². The molecule has 0 radical (unpaired) electrons. The van der Waals surface area contributed by atoms with E-state index in [1.807, 2.05) is 0 Å². The minimum absolute atomic E-state index is 0. The van der Waals surface area contributed by atoms with E-state index < -0.39 is 47.8 Å². The van der Waals surface area contributed by atoms with Crippen molar-refractivity contribution in [2.75, 3.05) is 0 Å². The van der Waals surface area contributed by atoms with Crippen LogP contribution in [0.5, 0.6) is 0 Å². The van der Waals surface area contributed by atoms with Gasteiger partial charge in [-0.2, -0.15) is 0 Å². The zero-order valence-corrected chi connectivity index (χ0v) is 16.2. The van der Waals surface area contributed by atoms with Gasteiger partial charge in [-0.3, -0.25) is 0 Å². The molecule has 0 aliphatic heterocycles. The first-order valence-corrected chi connectivity index (χ1v) is 4.27. The monoisotopic (exact) mass is 460 g/mol. The fourth-order valence-electron chi connectivity index (χ4n) is 0. The zero-order chi connectivity index (χ0) is 20.6. The summed E-state index contributed by atoms with van der Waals surface area (Å²) in [7, 11) is 0. The predicted octanol–water partition coefficient (Wildman–Crippen LogP) is -15.6. The third-order valence-corrected chi connectivity index (χ3v) is 0.667. The van der Waals surface area contributed by atoms with Gasteiger partial charge in [0.25, 0.3) is 0 Å². The molecule has 0 saturated heterocycles. The van der Waals surface area contributed by atoms with Gasteiger partial charge in [0.2, 0.25) is 0 Å². The molecule has 0 aromatic heterocycles. The first-order chi connectivity index (χ1) is 10.6. The minimum Gasteiger partial charge on any atom is -0.873 e. The number of carboxylic acids is 8. The van der Waals surface area contributed by atoms with Crippen LogP contribution in [0, 0.1) is 0 Å². The van der Waals surface area contributed by atoms with Crippen molar-refractivity contribution in [1.29, 1.82) is 0 Å². The normalized spacial score (nSPS) is 6.52. The van der Waals surface area contributed by atoms with E-state index in [4.69, 9.17) is 79.2 Å². The number of carbonyl (C=O) groups is 8. The van der Waals surface area contributed by atoms with Gasteiger partial charge in [-0.15, -0.1) is 0 Å². The summed E-state index contributed by atoms with van der Waals surface area (Å²) >= 11 is 0. The molecule has 27 heavy (non-hydrogen) atoms. The standard InChI is InChI=1S/4C2H2O4.Ca.H4O.Ti/c4*3-1(4)2(5)6;;;/h4*(H,3,4)(H,5,6);;1H4;/q;;;;2*+2;+4/p-8. The predicted molar refractivity (Wildman–Crippen MR) is 52.1 cm³/mol. The quantitative estimate of drug-likeness (QED) is 0.239. The van der Waals surface area contributed by atoms with E-state index in [1.54, 1.807) is 0 Å². The van der Waals surface area contributed by atoms with Gasteiger partial charge in [0.1, 0.15) is 0 Å². The van der Waals surface area contributed by atoms with E-state index in [0.29, 0.717) is 0 Å². The number of hydrogen-bond donors (Lipinski definition) is 0. The molecule has 0 aromatic rings. The van der Waals surface area contributed by atoms with E-state index in [1.165, 1.54) is 0 Å². The molecule has 0 saturated carbocycles. The Balaban J connectivity index is -0.0000000381. The van der Waals surface area contributed by atoms with Crippen molar-refractivity contribution in [3.8, 4) is 0 Å². The molecular formula is C8H4CaO17Ti. The van der Waals surface area contributed by atoms with Gasteiger partial charge < -0.3 is 84.7 Å². The number of aliphatic carboxylic acids is 8. The van der Waals surface area contributed by atoms with Gasteiger partial charge in [0.15, 0.2) is 0 Å². The summed E-state index contributed by atoms with van der Waals surface area (Å²) in [5.74, 6) is -17.5. The molecule has 0 unspecified atom stereocenters. The van der Waals surface area contributed by atoms with E-state index >= 15 is 0 Å². The summed E-state index contributed by atoms with van der Waals surface area (Å²) in [4.78, 5) is 71.4. The molecule has 0 rings (SSSR count). The van der Waals surface area contributed by atoms with Gasteiger partial charge in [-0.1, -0.05) is 0 Å². The Morgan fingerprint density at radius 2 is 0.370 bits per heavy atom. The van der Waals surface area contributed by atoms with Crippen molar-refractivity contribution in [2.24, 2.45) is 0 Å². The molecule has 4 N–H and O–H groups in total. The van der Waals surface area contributed by atoms with Gasteiger partial charge in [-0.25, -0.2) is 0 Å². The summed E-state index contributed by atoms with van der Waals surface area (Å²) in [5.41, 5.74) is 0. The molecule has 144 valence electrons. The average molecular weight is 460 g/mol. The summed E-state index contributed by atoms with van der Waals surface area (Å²) in [6, 6.07) is 0. The molecule has 0 atom stereocenters. The Bertz CT molecular complexity index is 395. The Labute approximate surface area is 191 Å². The second-order valence-corrected chi connectivity index (χ2v) is 2.30. The number of hydrogen-bond acceptors (Lipinski definition) is 16. The third-order valence-electron chi connectivity index (χ3n) is 0.667. The Morgan fingerprint density at radius 3 is 0.370 bits per heavy atom.